The van der Waals surface area contributed by atoms with Gasteiger partial charge in [0.1, 0.15) is 0 Å². The molecule has 0 saturated heterocycles. The van der Waals surface area contributed by atoms with Gasteiger partial charge in [0, 0.05) is 10.5 Å². The zero-order valence-electron chi connectivity index (χ0n) is 14.4. The van der Waals surface area contributed by atoms with Crippen LogP contribution in [0.3, 0.4) is 0 Å². The molecule has 132 valence electrons. The van der Waals surface area contributed by atoms with E-state index >= 15 is 0 Å². The summed E-state index contributed by atoms with van der Waals surface area (Å²) in [4.78, 5) is 12.5. The van der Waals surface area contributed by atoms with Crippen LogP contribution in [0.15, 0.2) is 16.6 Å². The molecule has 2 aliphatic rings. The zero-order valence-corrected chi connectivity index (χ0v) is 16.0. The highest BCUT2D eigenvalue weighted by atomic mass is 79.9. The van der Waals surface area contributed by atoms with E-state index < -0.39 is 0 Å². The summed E-state index contributed by atoms with van der Waals surface area (Å²) in [6.45, 7) is 5.04. The summed E-state index contributed by atoms with van der Waals surface area (Å²) >= 11 is 3.56. The largest absolute Gasteiger partial charge is 0.490 e. The van der Waals surface area contributed by atoms with Gasteiger partial charge < -0.3 is 14.8 Å². The second-order valence-corrected chi connectivity index (χ2v) is 7.56. The number of hydrogen-bond acceptors (Lipinski definition) is 3. The third kappa shape index (κ3) is 4.44. The van der Waals surface area contributed by atoms with E-state index in [0.29, 0.717) is 49.0 Å². The lowest BCUT2D eigenvalue weighted by atomic mass is 10.1. The minimum Gasteiger partial charge on any atom is -0.490 e. The van der Waals surface area contributed by atoms with Gasteiger partial charge in [-0.05, 0) is 69.1 Å². The molecule has 0 aliphatic heterocycles. The number of carbonyl (C=O) groups excluding carboxylic acids is 1. The van der Waals surface area contributed by atoms with E-state index in [1.807, 2.05) is 26.0 Å². The highest BCUT2D eigenvalue weighted by molar-refractivity contribution is 9.10. The van der Waals surface area contributed by atoms with Crippen molar-refractivity contribution in [2.24, 2.45) is 11.8 Å². The van der Waals surface area contributed by atoms with Crippen molar-refractivity contribution in [3.8, 4) is 11.5 Å². The molecule has 1 aromatic rings. The fraction of sp³-hybridized carbons (Fsp3) is 0.632. The molecular weight excluding hydrogens is 370 g/mol. The molecule has 0 bridgehead atoms. The van der Waals surface area contributed by atoms with Gasteiger partial charge in [0.05, 0.1) is 19.6 Å². The number of carbonyl (C=O) groups is 1. The lowest BCUT2D eigenvalue weighted by molar-refractivity contribution is -0.121. The Bertz CT molecular complexity index is 585. The number of amides is 1. The Morgan fingerprint density at radius 3 is 2.17 bits per heavy atom. The molecule has 0 unspecified atom stereocenters. The molecule has 2 saturated carbocycles. The second-order valence-electron chi connectivity index (χ2n) is 6.70. The average Bonchev–Trinajstić information content (AvgIpc) is 3.43. The van der Waals surface area contributed by atoms with Gasteiger partial charge in [0.15, 0.2) is 11.5 Å². The van der Waals surface area contributed by atoms with E-state index in [1.165, 1.54) is 25.7 Å². The van der Waals surface area contributed by atoms with Crippen LogP contribution in [0, 0.1) is 11.8 Å². The summed E-state index contributed by atoms with van der Waals surface area (Å²) in [7, 11) is 0. The fourth-order valence-electron chi connectivity index (χ4n) is 3.19. The summed E-state index contributed by atoms with van der Waals surface area (Å²) < 4.78 is 12.2. The Morgan fingerprint density at radius 1 is 1.12 bits per heavy atom. The predicted molar refractivity (Wildman–Crippen MR) is 97.6 cm³/mol. The maximum atomic E-state index is 12.5. The fourth-order valence-corrected chi connectivity index (χ4v) is 3.65. The number of ether oxygens (including phenoxy) is 2. The van der Waals surface area contributed by atoms with Crippen molar-refractivity contribution in [1.29, 1.82) is 0 Å². The first-order valence-corrected chi connectivity index (χ1v) is 9.79. The molecule has 5 heteroatoms. The Morgan fingerprint density at radius 2 is 1.67 bits per heavy atom. The molecule has 0 spiro atoms. The van der Waals surface area contributed by atoms with Crippen LogP contribution >= 0.6 is 15.9 Å². The van der Waals surface area contributed by atoms with Crippen molar-refractivity contribution < 1.29 is 14.3 Å². The van der Waals surface area contributed by atoms with Crippen molar-refractivity contribution in [1.82, 2.24) is 5.32 Å². The molecular formula is C19H26BrNO3. The maximum absolute atomic E-state index is 12.5. The van der Waals surface area contributed by atoms with Crippen molar-refractivity contribution in [2.45, 2.75) is 52.0 Å². The van der Waals surface area contributed by atoms with Crippen LogP contribution in [0.1, 0.15) is 45.1 Å². The lowest BCUT2D eigenvalue weighted by Gasteiger charge is -2.18. The zero-order chi connectivity index (χ0) is 17.1. The molecule has 2 fully saturated rings. The number of nitrogens with one attached hydrogen (secondary N) is 1. The molecule has 1 N–H and O–H groups in total. The first kappa shape index (κ1) is 17.6. The van der Waals surface area contributed by atoms with Crippen LogP contribution < -0.4 is 14.8 Å². The van der Waals surface area contributed by atoms with Gasteiger partial charge in [-0.15, -0.1) is 0 Å². The molecule has 3 rings (SSSR count). The standard InChI is InChI=1S/C19H26BrNO3/c1-3-23-16-9-14(15(20)11-17(16)24-4-2)10-18(22)21-19(12-5-6-12)13-7-8-13/h9,11-13,19H,3-8,10H2,1-2H3,(H,21,22). The van der Waals surface area contributed by atoms with Crippen LogP contribution in [-0.4, -0.2) is 25.2 Å². The van der Waals surface area contributed by atoms with E-state index in [0.717, 1.165) is 10.0 Å². The van der Waals surface area contributed by atoms with Crippen molar-refractivity contribution in [3.63, 3.8) is 0 Å². The number of benzene rings is 1. The monoisotopic (exact) mass is 395 g/mol. The van der Waals surface area contributed by atoms with Crippen molar-refractivity contribution in [3.05, 3.63) is 22.2 Å². The van der Waals surface area contributed by atoms with Crippen LogP contribution in [0.2, 0.25) is 0 Å². The SMILES string of the molecule is CCOc1cc(Br)c(CC(=O)NC(C2CC2)C2CC2)cc1OCC. The molecule has 0 heterocycles. The van der Waals surface area contributed by atoms with Crippen molar-refractivity contribution >= 4 is 21.8 Å². The van der Waals surface area contributed by atoms with Crippen LogP contribution in [0.5, 0.6) is 11.5 Å². The second kappa shape index (κ2) is 7.77. The Hall–Kier alpha value is -1.23. The molecule has 0 aromatic heterocycles. The summed E-state index contributed by atoms with van der Waals surface area (Å²) in [5.41, 5.74) is 0.935. The predicted octanol–water partition coefficient (Wildman–Crippen LogP) is 4.09. The molecule has 1 amide bonds. The highest BCUT2D eigenvalue weighted by Crippen LogP contribution is 2.44. The lowest BCUT2D eigenvalue weighted by Crippen LogP contribution is -2.39. The first-order chi connectivity index (χ1) is 11.6. The van der Waals surface area contributed by atoms with E-state index in [-0.39, 0.29) is 5.91 Å². The van der Waals surface area contributed by atoms with Crippen LogP contribution in [-0.2, 0) is 11.2 Å². The summed E-state index contributed by atoms with van der Waals surface area (Å²) in [6.07, 6.45) is 5.43. The summed E-state index contributed by atoms with van der Waals surface area (Å²) in [6, 6.07) is 4.21. The smallest absolute Gasteiger partial charge is 0.224 e. The Labute approximate surface area is 152 Å². The number of halogens is 1. The van der Waals surface area contributed by atoms with Gasteiger partial charge in [0.2, 0.25) is 5.91 Å². The van der Waals surface area contributed by atoms with Gasteiger partial charge in [-0.2, -0.15) is 0 Å². The minimum absolute atomic E-state index is 0.103. The third-order valence-corrected chi connectivity index (χ3v) is 5.39. The number of hydrogen-bond donors (Lipinski definition) is 1. The van der Waals surface area contributed by atoms with Gasteiger partial charge in [-0.3, -0.25) is 4.79 Å². The summed E-state index contributed by atoms with van der Waals surface area (Å²) in [5, 5.41) is 3.28. The molecule has 0 radical (unpaired) electrons. The average molecular weight is 396 g/mol. The maximum Gasteiger partial charge on any atom is 0.224 e. The highest BCUT2D eigenvalue weighted by Gasteiger charge is 2.42. The minimum atomic E-state index is 0.103. The quantitative estimate of drug-likeness (QED) is 0.684. The van der Waals surface area contributed by atoms with E-state index in [2.05, 4.69) is 21.2 Å². The van der Waals surface area contributed by atoms with Crippen LogP contribution in [0.25, 0.3) is 0 Å². The topological polar surface area (TPSA) is 47.6 Å². The first-order valence-electron chi connectivity index (χ1n) is 8.99. The van der Waals surface area contributed by atoms with Gasteiger partial charge in [-0.1, -0.05) is 15.9 Å². The molecule has 1 aromatic carbocycles. The Kier molecular flexibility index (Phi) is 5.69. The van der Waals surface area contributed by atoms with Crippen LogP contribution in [0.4, 0.5) is 0 Å². The van der Waals surface area contributed by atoms with Gasteiger partial charge in [-0.25, -0.2) is 0 Å². The molecule has 0 atom stereocenters. The van der Waals surface area contributed by atoms with Gasteiger partial charge >= 0.3 is 0 Å². The van der Waals surface area contributed by atoms with E-state index in [1.54, 1.807) is 0 Å². The molecule has 4 nitrogen and oxygen atoms in total. The molecule has 24 heavy (non-hydrogen) atoms. The third-order valence-electron chi connectivity index (χ3n) is 4.65. The van der Waals surface area contributed by atoms with E-state index in [9.17, 15) is 4.79 Å². The Balaban J connectivity index is 1.68. The summed E-state index contributed by atoms with van der Waals surface area (Å²) in [5.74, 6) is 2.94. The van der Waals surface area contributed by atoms with E-state index in [4.69, 9.17) is 9.47 Å². The normalized spacial score (nSPS) is 17.0. The molecule has 2 aliphatic carbocycles. The number of rotatable bonds is 9. The van der Waals surface area contributed by atoms with Gasteiger partial charge in [0.25, 0.3) is 0 Å². The van der Waals surface area contributed by atoms with Crippen molar-refractivity contribution in [2.75, 3.05) is 13.2 Å².